The van der Waals surface area contributed by atoms with Gasteiger partial charge in [-0.3, -0.25) is 29.0 Å². The Bertz CT molecular complexity index is 1260. The van der Waals surface area contributed by atoms with Crippen molar-refractivity contribution >= 4 is 23.3 Å². The molecular weight excluding hydrogens is 526 g/mol. The van der Waals surface area contributed by atoms with E-state index in [2.05, 4.69) is 11.8 Å². The van der Waals surface area contributed by atoms with Crippen LogP contribution in [0.25, 0.3) is 0 Å². The van der Waals surface area contributed by atoms with Gasteiger partial charge in [-0.1, -0.05) is 13.3 Å². The van der Waals surface area contributed by atoms with E-state index in [4.69, 9.17) is 15.2 Å². The van der Waals surface area contributed by atoms with Crippen LogP contribution >= 0.6 is 0 Å². The van der Waals surface area contributed by atoms with Crippen LogP contribution in [-0.2, 0) is 25.5 Å². The number of aromatic hydroxyl groups is 1. The first-order chi connectivity index (χ1) is 19.5. The summed E-state index contributed by atoms with van der Waals surface area (Å²) >= 11 is 0. The van der Waals surface area contributed by atoms with E-state index in [1.54, 1.807) is 32.2 Å². The van der Waals surface area contributed by atoms with E-state index in [1.807, 2.05) is 0 Å². The number of carbonyl (C=O) groups excluding carboxylic acids is 4. The van der Waals surface area contributed by atoms with Crippen LogP contribution < -0.4 is 10.5 Å². The second-order valence-electron chi connectivity index (χ2n) is 12.5. The Morgan fingerprint density at radius 1 is 1.22 bits per heavy atom. The highest BCUT2D eigenvalue weighted by Gasteiger charge is 2.66. The van der Waals surface area contributed by atoms with Crippen LogP contribution in [0.2, 0.25) is 0 Å². The Morgan fingerprint density at radius 2 is 1.95 bits per heavy atom. The summed E-state index contributed by atoms with van der Waals surface area (Å²) in [6.07, 6.45) is 4.66. The van der Waals surface area contributed by atoms with Crippen molar-refractivity contribution in [3.05, 3.63) is 22.8 Å². The molecule has 10 heteroatoms. The lowest BCUT2D eigenvalue weighted by atomic mass is 9.52. The standard InChI is InChI=1S/C31H43N3O7/c1-6-10-34-11-8-7-9-21(34)17-14-22(35)24-18(28(17)40-4)12-16-13-20-25(33(2)3)26(36)19(30(32)39)15-31(20,41-5)29(38)23(16)27(24)37/h14,16,19-21,23,25,35H,6-13,15H2,1-5H3,(H2,32,39). The van der Waals surface area contributed by atoms with Gasteiger partial charge in [-0.05, 0) is 71.3 Å². The van der Waals surface area contributed by atoms with Crippen molar-refractivity contribution in [2.24, 2.45) is 29.4 Å². The fourth-order valence-electron chi connectivity index (χ4n) is 8.48. The number of ether oxygens (including phenoxy) is 2. The Morgan fingerprint density at radius 3 is 2.56 bits per heavy atom. The number of nitrogens with zero attached hydrogens (tertiary/aromatic N) is 2. The molecule has 2 saturated carbocycles. The highest BCUT2D eigenvalue weighted by molar-refractivity contribution is 6.18. The van der Waals surface area contributed by atoms with Gasteiger partial charge in [0.15, 0.2) is 17.3 Å². The number of rotatable bonds is 7. The van der Waals surface area contributed by atoms with E-state index in [0.29, 0.717) is 24.2 Å². The third-order valence-corrected chi connectivity index (χ3v) is 10.2. The smallest absolute Gasteiger partial charge is 0.228 e. The maximum atomic E-state index is 14.4. The van der Waals surface area contributed by atoms with E-state index in [0.717, 1.165) is 44.3 Å². The number of likely N-dealkylation sites (N-methyl/N-ethyl adjacent to an activating group) is 1. The highest BCUT2D eigenvalue weighted by Crippen LogP contribution is 2.55. The molecule has 0 radical (unpaired) electrons. The van der Waals surface area contributed by atoms with Crippen molar-refractivity contribution in [3.63, 3.8) is 0 Å². The number of hydrogen-bond acceptors (Lipinski definition) is 9. The van der Waals surface area contributed by atoms with Gasteiger partial charge in [-0.25, -0.2) is 0 Å². The van der Waals surface area contributed by atoms with Crippen molar-refractivity contribution in [2.75, 3.05) is 41.4 Å². The summed E-state index contributed by atoms with van der Waals surface area (Å²) in [5, 5.41) is 11.3. The first-order valence-corrected chi connectivity index (χ1v) is 14.8. The van der Waals surface area contributed by atoms with E-state index < -0.39 is 52.8 Å². The molecule has 1 heterocycles. The third-order valence-electron chi connectivity index (χ3n) is 10.2. The average molecular weight is 570 g/mol. The van der Waals surface area contributed by atoms with Crippen LogP contribution in [0.5, 0.6) is 11.5 Å². The number of nitrogens with two attached hydrogens (primary N) is 1. The van der Waals surface area contributed by atoms with Crippen molar-refractivity contribution in [2.45, 2.75) is 69.6 Å². The first-order valence-electron chi connectivity index (χ1n) is 14.8. The Balaban J connectivity index is 1.61. The predicted octanol–water partition coefficient (Wildman–Crippen LogP) is 2.29. The quantitative estimate of drug-likeness (QED) is 0.474. The molecule has 4 aliphatic rings. The zero-order valence-corrected chi connectivity index (χ0v) is 24.8. The number of likely N-dealkylation sites (tertiary alicyclic amines) is 1. The summed E-state index contributed by atoms with van der Waals surface area (Å²) in [5.41, 5.74) is 5.74. The molecule has 0 spiro atoms. The number of piperidine rings is 1. The fraction of sp³-hybridized carbons (Fsp3) is 0.677. The van der Waals surface area contributed by atoms with Gasteiger partial charge in [0, 0.05) is 36.6 Å². The molecule has 7 unspecified atom stereocenters. The summed E-state index contributed by atoms with van der Waals surface area (Å²) in [5.74, 6) is -4.77. The van der Waals surface area contributed by atoms with Gasteiger partial charge in [-0.2, -0.15) is 0 Å². The van der Waals surface area contributed by atoms with Gasteiger partial charge in [0.05, 0.1) is 24.6 Å². The van der Waals surface area contributed by atoms with Gasteiger partial charge in [-0.15, -0.1) is 0 Å². The minimum absolute atomic E-state index is 0.0663. The van der Waals surface area contributed by atoms with Gasteiger partial charge >= 0.3 is 0 Å². The number of methoxy groups -OCH3 is 2. The number of phenols is 1. The van der Waals surface area contributed by atoms with Crippen LogP contribution in [0.4, 0.5) is 0 Å². The van der Waals surface area contributed by atoms with Crippen LogP contribution in [0, 0.1) is 23.7 Å². The largest absolute Gasteiger partial charge is 0.507 e. The van der Waals surface area contributed by atoms with Crippen LogP contribution in [-0.4, -0.2) is 91.2 Å². The summed E-state index contributed by atoms with van der Waals surface area (Å²) in [7, 11) is 6.47. The number of phenolic OH excluding ortho intramolecular Hbond substituents is 1. The van der Waals surface area contributed by atoms with E-state index in [-0.39, 0.29) is 29.6 Å². The average Bonchev–Trinajstić information content (AvgIpc) is 2.92. The molecule has 3 N–H and O–H groups in total. The van der Waals surface area contributed by atoms with Crippen molar-refractivity contribution < 1.29 is 33.8 Å². The molecule has 10 nitrogen and oxygen atoms in total. The SMILES string of the molecule is CCCN1CCCCC1c1cc(O)c2c(c1OC)CC1CC3C(N(C)C)C(=O)C(C(N)=O)CC3(OC)C(=O)C1C2=O. The Labute approximate surface area is 241 Å². The van der Waals surface area contributed by atoms with Crippen molar-refractivity contribution in [1.29, 1.82) is 0 Å². The topological polar surface area (TPSA) is 139 Å². The molecule has 224 valence electrons. The molecule has 1 aromatic rings. The second kappa shape index (κ2) is 11.1. The number of Topliss-reactive ketones (excluding diaryl/α,β-unsaturated/α-hetero) is 3. The normalized spacial score (nSPS) is 33.8. The Kier molecular flexibility index (Phi) is 8.04. The molecule has 0 bridgehead atoms. The van der Waals surface area contributed by atoms with E-state index >= 15 is 0 Å². The maximum Gasteiger partial charge on any atom is 0.228 e. The molecule has 1 amide bonds. The number of ketones is 3. The van der Waals surface area contributed by atoms with Crippen LogP contribution in [0.1, 0.15) is 73.0 Å². The zero-order chi connectivity index (χ0) is 29.8. The highest BCUT2D eigenvalue weighted by atomic mass is 16.5. The van der Waals surface area contributed by atoms with E-state index in [1.165, 1.54) is 7.11 Å². The molecule has 0 aromatic heterocycles. The molecule has 5 rings (SSSR count). The minimum Gasteiger partial charge on any atom is -0.507 e. The lowest BCUT2D eigenvalue weighted by Gasteiger charge is -2.55. The molecular formula is C31H43N3O7. The lowest BCUT2D eigenvalue weighted by molar-refractivity contribution is -0.182. The lowest BCUT2D eigenvalue weighted by Crippen LogP contribution is -2.70. The number of hydrogen-bond donors (Lipinski definition) is 2. The van der Waals surface area contributed by atoms with Gasteiger partial charge in [0.2, 0.25) is 5.91 Å². The fourth-order valence-corrected chi connectivity index (χ4v) is 8.48. The van der Waals surface area contributed by atoms with E-state index in [9.17, 15) is 24.3 Å². The van der Waals surface area contributed by atoms with Crippen LogP contribution in [0.15, 0.2) is 6.07 Å². The second-order valence-corrected chi connectivity index (χ2v) is 12.5. The van der Waals surface area contributed by atoms with Gasteiger partial charge < -0.3 is 20.3 Å². The molecule has 1 saturated heterocycles. The molecule has 3 aliphatic carbocycles. The van der Waals surface area contributed by atoms with Crippen molar-refractivity contribution in [1.82, 2.24) is 9.80 Å². The predicted molar refractivity (Wildman–Crippen MR) is 151 cm³/mol. The summed E-state index contributed by atoms with van der Waals surface area (Å²) in [6.45, 7) is 4.04. The summed E-state index contributed by atoms with van der Waals surface area (Å²) in [6, 6.07) is 0.951. The number of benzene rings is 1. The first kappa shape index (κ1) is 29.7. The minimum atomic E-state index is -1.51. The Hall–Kier alpha value is -2.82. The van der Waals surface area contributed by atoms with Gasteiger partial charge in [0.25, 0.3) is 0 Å². The molecule has 3 fully saturated rings. The summed E-state index contributed by atoms with van der Waals surface area (Å²) < 4.78 is 11.9. The van der Waals surface area contributed by atoms with Gasteiger partial charge in [0.1, 0.15) is 23.0 Å². The van der Waals surface area contributed by atoms with Crippen molar-refractivity contribution in [3.8, 4) is 11.5 Å². The molecule has 1 aromatic carbocycles. The monoisotopic (exact) mass is 569 g/mol. The number of carbonyl (C=O) groups is 4. The maximum absolute atomic E-state index is 14.4. The number of primary amides is 1. The zero-order valence-electron chi connectivity index (χ0n) is 24.8. The number of amides is 1. The molecule has 1 aliphatic heterocycles. The third kappa shape index (κ3) is 4.49. The molecule has 7 atom stereocenters. The van der Waals surface area contributed by atoms with Crippen LogP contribution in [0.3, 0.4) is 0 Å². The number of fused-ring (bicyclic) bond motifs is 3. The molecule has 41 heavy (non-hydrogen) atoms. The summed E-state index contributed by atoms with van der Waals surface area (Å²) in [4.78, 5) is 58.4.